The van der Waals surface area contributed by atoms with Gasteiger partial charge in [0.2, 0.25) is 0 Å². The highest BCUT2D eigenvalue weighted by Crippen LogP contribution is 2.16. The monoisotopic (exact) mass is 187 g/mol. The molecule has 1 atom stereocenters. The van der Waals surface area contributed by atoms with E-state index in [1.807, 2.05) is 0 Å². The molecule has 1 fully saturated rings. The molecule has 0 bridgehead atoms. The third kappa shape index (κ3) is 1.95. The summed E-state index contributed by atoms with van der Waals surface area (Å²) in [6.45, 7) is 0.103. The van der Waals surface area contributed by atoms with Crippen molar-refractivity contribution in [2.45, 2.75) is 18.9 Å². The molecule has 1 aliphatic heterocycles. The number of carbonyl (C=O) groups excluding carboxylic acids is 1. The van der Waals surface area contributed by atoms with Crippen molar-refractivity contribution in [3.05, 3.63) is 0 Å². The summed E-state index contributed by atoms with van der Waals surface area (Å²) in [5, 5.41) is 17.0. The lowest BCUT2D eigenvalue weighted by molar-refractivity contribution is -0.139. The molecular formula is C7H9NO5. The van der Waals surface area contributed by atoms with Crippen molar-refractivity contribution >= 4 is 17.8 Å². The number of aliphatic carboxylic acids is 1. The SMILES string of the molecule is O=C(O)CC1C(=O)CCN1C(=O)O. The number of ketones is 1. The van der Waals surface area contributed by atoms with E-state index in [9.17, 15) is 14.4 Å². The van der Waals surface area contributed by atoms with Crippen LogP contribution in [0.2, 0.25) is 0 Å². The van der Waals surface area contributed by atoms with Gasteiger partial charge in [-0.05, 0) is 0 Å². The number of likely N-dealkylation sites (tertiary alicyclic amines) is 1. The van der Waals surface area contributed by atoms with Crippen LogP contribution in [-0.2, 0) is 9.59 Å². The van der Waals surface area contributed by atoms with Crippen molar-refractivity contribution in [2.24, 2.45) is 0 Å². The van der Waals surface area contributed by atoms with E-state index in [1.165, 1.54) is 0 Å². The van der Waals surface area contributed by atoms with Crippen molar-refractivity contribution in [2.75, 3.05) is 6.54 Å². The molecule has 72 valence electrons. The number of hydrogen-bond acceptors (Lipinski definition) is 3. The van der Waals surface area contributed by atoms with E-state index in [0.29, 0.717) is 0 Å². The smallest absolute Gasteiger partial charge is 0.407 e. The van der Waals surface area contributed by atoms with Crippen LogP contribution in [0.25, 0.3) is 0 Å². The van der Waals surface area contributed by atoms with Crippen LogP contribution in [0.4, 0.5) is 4.79 Å². The maximum Gasteiger partial charge on any atom is 0.407 e. The van der Waals surface area contributed by atoms with Gasteiger partial charge in [0.05, 0.1) is 6.42 Å². The molecular weight excluding hydrogens is 178 g/mol. The quantitative estimate of drug-likeness (QED) is 0.623. The number of amides is 1. The third-order valence-electron chi connectivity index (χ3n) is 1.96. The molecule has 0 spiro atoms. The zero-order valence-corrected chi connectivity index (χ0v) is 6.77. The lowest BCUT2D eigenvalue weighted by Crippen LogP contribution is -2.38. The molecule has 0 aromatic carbocycles. The Bertz CT molecular complexity index is 262. The van der Waals surface area contributed by atoms with Gasteiger partial charge in [-0.2, -0.15) is 0 Å². The van der Waals surface area contributed by atoms with Gasteiger partial charge >= 0.3 is 12.1 Å². The van der Waals surface area contributed by atoms with Gasteiger partial charge in [-0.1, -0.05) is 0 Å². The normalized spacial score (nSPS) is 22.0. The van der Waals surface area contributed by atoms with E-state index in [0.717, 1.165) is 4.90 Å². The van der Waals surface area contributed by atoms with E-state index in [-0.39, 0.29) is 18.7 Å². The summed E-state index contributed by atoms with van der Waals surface area (Å²) < 4.78 is 0. The van der Waals surface area contributed by atoms with Gasteiger partial charge in [0.1, 0.15) is 6.04 Å². The fourth-order valence-electron chi connectivity index (χ4n) is 1.35. The van der Waals surface area contributed by atoms with Crippen LogP contribution in [0.15, 0.2) is 0 Å². The van der Waals surface area contributed by atoms with Gasteiger partial charge < -0.3 is 10.2 Å². The molecule has 1 saturated heterocycles. The van der Waals surface area contributed by atoms with Crippen LogP contribution < -0.4 is 0 Å². The molecule has 1 amide bonds. The molecule has 6 nitrogen and oxygen atoms in total. The van der Waals surface area contributed by atoms with Crippen LogP contribution in [0.5, 0.6) is 0 Å². The van der Waals surface area contributed by atoms with Crippen molar-refractivity contribution in [1.29, 1.82) is 0 Å². The second-order valence-corrected chi connectivity index (χ2v) is 2.81. The molecule has 0 saturated carbocycles. The van der Waals surface area contributed by atoms with Gasteiger partial charge in [-0.3, -0.25) is 14.5 Å². The van der Waals surface area contributed by atoms with Gasteiger partial charge in [0, 0.05) is 13.0 Å². The fourth-order valence-corrected chi connectivity index (χ4v) is 1.35. The second-order valence-electron chi connectivity index (χ2n) is 2.81. The molecule has 0 radical (unpaired) electrons. The van der Waals surface area contributed by atoms with Crippen molar-refractivity contribution < 1.29 is 24.6 Å². The molecule has 0 aliphatic carbocycles. The number of carbonyl (C=O) groups is 3. The minimum Gasteiger partial charge on any atom is -0.481 e. The Kier molecular flexibility index (Phi) is 2.50. The average Bonchev–Trinajstić information content (AvgIpc) is 2.32. The summed E-state index contributed by atoms with van der Waals surface area (Å²) in [4.78, 5) is 32.7. The topological polar surface area (TPSA) is 94.9 Å². The first kappa shape index (κ1) is 9.50. The highest BCUT2D eigenvalue weighted by Gasteiger charge is 2.36. The minimum absolute atomic E-state index is 0.103. The molecule has 0 aromatic rings. The largest absolute Gasteiger partial charge is 0.481 e. The van der Waals surface area contributed by atoms with Crippen LogP contribution in [0.3, 0.4) is 0 Å². The van der Waals surface area contributed by atoms with Crippen LogP contribution in [-0.4, -0.2) is 45.5 Å². The molecule has 6 heteroatoms. The van der Waals surface area contributed by atoms with Crippen molar-refractivity contribution in [1.82, 2.24) is 4.90 Å². The van der Waals surface area contributed by atoms with Crippen molar-refractivity contribution in [3.8, 4) is 0 Å². The molecule has 1 heterocycles. The standard InChI is InChI=1S/C7H9NO5/c9-5-1-2-8(7(12)13)4(5)3-6(10)11/h4H,1-3H2,(H,10,11)(H,12,13). The van der Waals surface area contributed by atoms with E-state index in [2.05, 4.69) is 0 Å². The fraction of sp³-hybridized carbons (Fsp3) is 0.571. The maximum absolute atomic E-state index is 11.1. The van der Waals surface area contributed by atoms with Gasteiger partial charge in [-0.15, -0.1) is 0 Å². The maximum atomic E-state index is 11.1. The first-order chi connectivity index (χ1) is 6.02. The summed E-state index contributed by atoms with van der Waals surface area (Å²) in [6, 6.07) is -0.991. The predicted octanol–water partition coefficient (Wildman–Crippen LogP) is -0.218. The number of Topliss-reactive ketones (excluding diaryl/α,β-unsaturated/α-hetero) is 1. The number of rotatable bonds is 2. The summed E-state index contributed by atoms with van der Waals surface area (Å²) in [7, 11) is 0. The molecule has 2 N–H and O–H groups in total. The summed E-state index contributed by atoms with van der Waals surface area (Å²) in [6.07, 6.45) is -1.56. The lowest BCUT2D eigenvalue weighted by atomic mass is 10.1. The van der Waals surface area contributed by atoms with Crippen LogP contribution >= 0.6 is 0 Å². The van der Waals surface area contributed by atoms with Gasteiger partial charge in [0.15, 0.2) is 5.78 Å². The Hall–Kier alpha value is -1.59. The van der Waals surface area contributed by atoms with Crippen molar-refractivity contribution in [3.63, 3.8) is 0 Å². The zero-order chi connectivity index (χ0) is 10.0. The summed E-state index contributed by atoms with van der Waals surface area (Å²) in [5.41, 5.74) is 0. The Balaban J connectivity index is 2.71. The van der Waals surface area contributed by atoms with E-state index in [1.54, 1.807) is 0 Å². The first-order valence-corrected chi connectivity index (χ1v) is 3.76. The Labute approximate surface area is 73.8 Å². The van der Waals surface area contributed by atoms with E-state index in [4.69, 9.17) is 10.2 Å². The van der Waals surface area contributed by atoms with Crippen LogP contribution in [0.1, 0.15) is 12.8 Å². The molecule has 1 aliphatic rings. The number of nitrogens with zero attached hydrogens (tertiary/aromatic N) is 1. The lowest BCUT2D eigenvalue weighted by Gasteiger charge is -2.17. The van der Waals surface area contributed by atoms with E-state index >= 15 is 0 Å². The average molecular weight is 187 g/mol. The van der Waals surface area contributed by atoms with Gasteiger partial charge in [-0.25, -0.2) is 4.79 Å². The molecule has 1 unspecified atom stereocenters. The van der Waals surface area contributed by atoms with Gasteiger partial charge in [0.25, 0.3) is 0 Å². The zero-order valence-electron chi connectivity index (χ0n) is 6.77. The number of carboxylic acids is 1. The molecule has 1 rings (SSSR count). The minimum atomic E-state index is -1.24. The summed E-state index contributed by atoms with van der Waals surface area (Å²) >= 11 is 0. The Morgan fingerprint density at radius 3 is 2.54 bits per heavy atom. The second kappa shape index (κ2) is 3.42. The molecule has 13 heavy (non-hydrogen) atoms. The highest BCUT2D eigenvalue weighted by atomic mass is 16.4. The predicted molar refractivity (Wildman–Crippen MR) is 40.4 cm³/mol. The number of hydrogen-bond donors (Lipinski definition) is 2. The number of carboxylic acid groups (broad SMARTS) is 2. The Morgan fingerprint density at radius 2 is 2.08 bits per heavy atom. The molecule has 0 aromatic heterocycles. The summed E-state index contributed by atoms with van der Waals surface area (Å²) in [5.74, 6) is -1.48. The third-order valence-corrected chi connectivity index (χ3v) is 1.96. The first-order valence-electron chi connectivity index (χ1n) is 3.76. The van der Waals surface area contributed by atoms with Crippen LogP contribution in [0, 0.1) is 0 Å². The highest BCUT2D eigenvalue weighted by molar-refractivity contribution is 5.93. The Morgan fingerprint density at radius 1 is 1.46 bits per heavy atom. The van der Waals surface area contributed by atoms with E-state index < -0.39 is 24.5 Å².